The van der Waals surface area contributed by atoms with Crippen LogP contribution in [-0.2, 0) is 9.59 Å². The largest absolute Gasteiger partial charge is 0.490 e. The molecule has 1 N–H and O–H groups in total. The first-order valence-electron chi connectivity index (χ1n) is 9.67. The van der Waals surface area contributed by atoms with Crippen LogP contribution in [0.1, 0.15) is 51.5 Å². The summed E-state index contributed by atoms with van der Waals surface area (Å²) in [5.74, 6) is 0.0755. The molecule has 1 aliphatic heterocycles. The molecule has 0 unspecified atom stereocenters. The Kier molecular flexibility index (Phi) is 8.61. The molecule has 2 amide bonds. The van der Waals surface area contributed by atoms with Crippen molar-refractivity contribution in [3.05, 3.63) is 23.8 Å². The van der Waals surface area contributed by atoms with Crippen LogP contribution in [-0.4, -0.2) is 49.2 Å². The lowest BCUT2D eigenvalue weighted by Crippen LogP contribution is -2.41. The number of likely N-dealkylation sites (tertiary alicyclic amines) is 1. The number of nitrogens with one attached hydrogen (secondary N) is 1. The number of rotatable bonds is 7. The van der Waals surface area contributed by atoms with Gasteiger partial charge in [0.05, 0.1) is 19.4 Å². The molecule has 7 heteroatoms. The zero-order valence-electron chi connectivity index (χ0n) is 16.2. The maximum absolute atomic E-state index is 12.2. The fourth-order valence-electron chi connectivity index (χ4n) is 2.84. The number of hydrogen-bond donors (Lipinski definition) is 1. The van der Waals surface area contributed by atoms with Crippen molar-refractivity contribution >= 4 is 18.0 Å². The van der Waals surface area contributed by atoms with Crippen LogP contribution in [0.4, 0.5) is 0 Å². The van der Waals surface area contributed by atoms with Gasteiger partial charge in [-0.3, -0.25) is 9.59 Å². The number of carbonyl (C=O) groups is 2. The van der Waals surface area contributed by atoms with Crippen molar-refractivity contribution in [3.63, 3.8) is 0 Å². The second-order valence-corrected chi connectivity index (χ2v) is 6.39. The molecule has 0 atom stereocenters. The van der Waals surface area contributed by atoms with E-state index in [9.17, 15) is 9.59 Å². The van der Waals surface area contributed by atoms with Crippen molar-refractivity contribution in [1.29, 1.82) is 0 Å². The van der Waals surface area contributed by atoms with E-state index >= 15 is 0 Å². The van der Waals surface area contributed by atoms with Gasteiger partial charge in [-0.25, -0.2) is 5.43 Å². The van der Waals surface area contributed by atoms with Crippen LogP contribution in [0.5, 0.6) is 11.5 Å². The normalized spacial score (nSPS) is 14.7. The van der Waals surface area contributed by atoms with Gasteiger partial charge < -0.3 is 14.4 Å². The van der Waals surface area contributed by atoms with Crippen LogP contribution in [0.3, 0.4) is 0 Å². The van der Waals surface area contributed by atoms with Crippen LogP contribution in [0.15, 0.2) is 23.3 Å². The minimum atomic E-state index is -0.707. The lowest BCUT2D eigenvalue weighted by Gasteiger charge is -2.18. The first-order valence-corrected chi connectivity index (χ1v) is 9.67. The van der Waals surface area contributed by atoms with E-state index in [1.165, 1.54) is 6.21 Å². The molecule has 0 spiro atoms. The summed E-state index contributed by atoms with van der Waals surface area (Å²) >= 11 is 0. The summed E-state index contributed by atoms with van der Waals surface area (Å²) in [6.45, 7) is 6.34. The highest BCUT2D eigenvalue weighted by molar-refractivity contribution is 6.35. The van der Waals surface area contributed by atoms with Crippen LogP contribution < -0.4 is 14.9 Å². The molecule has 7 nitrogen and oxygen atoms in total. The Morgan fingerprint density at radius 3 is 2.52 bits per heavy atom. The Bertz CT molecular complexity index is 653. The Labute approximate surface area is 160 Å². The zero-order chi connectivity index (χ0) is 19.5. The average Bonchev–Trinajstić information content (AvgIpc) is 2.96. The number of amides is 2. The molecule has 1 aromatic rings. The third-order valence-corrected chi connectivity index (χ3v) is 4.20. The molecule has 0 bridgehead atoms. The van der Waals surface area contributed by atoms with Gasteiger partial charge in [0.2, 0.25) is 0 Å². The Hall–Kier alpha value is -2.57. The number of ether oxygens (including phenoxy) is 2. The minimum absolute atomic E-state index is 0.518. The third-order valence-electron chi connectivity index (χ3n) is 4.20. The number of benzene rings is 1. The molecule has 1 aliphatic rings. The van der Waals surface area contributed by atoms with Gasteiger partial charge in [0.1, 0.15) is 0 Å². The molecule has 0 aliphatic carbocycles. The SMILES string of the molecule is CCCOc1ccc(/C=N\NC(=O)C(=O)N2CCCCCC2)cc1OCC. The van der Waals surface area contributed by atoms with Crippen molar-refractivity contribution in [2.24, 2.45) is 5.10 Å². The first-order chi connectivity index (χ1) is 13.2. The van der Waals surface area contributed by atoms with E-state index < -0.39 is 11.8 Å². The van der Waals surface area contributed by atoms with Gasteiger partial charge in [-0.2, -0.15) is 5.10 Å². The molecular weight excluding hydrogens is 346 g/mol. The maximum atomic E-state index is 12.2. The van der Waals surface area contributed by atoms with Gasteiger partial charge in [0, 0.05) is 13.1 Å². The van der Waals surface area contributed by atoms with Crippen molar-refractivity contribution in [1.82, 2.24) is 10.3 Å². The average molecular weight is 375 g/mol. The number of carbonyl (C=O) groups excluding carboxylic acids is 2. The molecule has 1 fully saturated rings. The van der Waals surface area contributed by atoms with Gasteiger partial charge in [-0.15, -0.1) is 0 Å². The van der Waals surface area contributed by atoms with E-state index in [0.29, 0.717) is 37.8 Å². The lowest BCUT2D eigenvalue weighted by molar-refractivity contribution is -0.145. The van der Waals surface area contributed by atoms with Crippen LogP contribution >= 0.6 is 0 Å². The van der Waals surface area contributed by atoms with Gasteiger partial charge in [0.15, 0.2) is 11.5 Å². The Balaban J connectivity index is 1.94. The molecule has 0 aromatic heterocycles. The quantitative estimate of drug-likeness (QED) is 0.451. The zero-order valence-corrected chi connectivity index (χ0v) is 16.2. The van der Waals surface area contributed by atoms with E-state index in [1.54, 1.807) is 11.0 Å². The second kappa shape index (κ2) is 11.2. The molecule has 0 radical (unpaired) electrons. The summed E-state index contributed by atoms with van der Waals surface area (Å²) < 4.78 is 11.3. The molecule has 1 heterocycles. The van der Waals surface area contributed by atoms with Crippen molar-refractivity contribution < 1.29 is 19.1 Å². The molecule has 148 valence electrons. The fourth-order valence-corrected chi connectivity index (χ4v) is 2.84. The van der Waals surface area contributed by atoms with Crippen LogP contribution in [0, 0.1) is 0 Å². The van der Waals surface area contributed by atoms with Gasteiger partial charge in [-0.05, 0) is 49.9 Å². The lowest BCUT2D eigenvalue weighted by atomic mass is 10.2. The summed E-state index contributed by atoms with van der Waals surface area (Å²) in [7, 11) is 0. The fraction of sp³-hybridized carbons (Fsp3) is 0.550. The monoisotopic (exact) mass is 375 g/mol. The van der Waals surface area contributed by atoms with Gasteiger partial charge in [-0.1, -0.05) is 19.8 Å². The second-order valence-electron chi connectivity index (χ2n) is 6.39. The van der Waals surface area contributed by atoms with E-state index in [-0.39, 0.29) is 0 Å². The Morgan fingerprint density at radius 2 is 1.85 bits per heavy atom. The van der Waals surface area contributed by atoms with Crippen LogP contribution in [0.25, 0.3) is 0 Å². The highest BCUT2D eigenvalue weighted by atomic mass is 16.5. The summed E-state index contributed by atoms with van der Waals surface area (Å²) in [4.78, 5) is 25.8. The number of hydrazone groups is 1. The molecule has 1 aromatic carbocycles. The highest BCUT2D eigenvalue weighted by Gasteiger charge is 2.22. The molecular formula is C20H29N3O4. The smallest absolute Gasteiger partial charge is 0.329 e. The third kappa shape index (κ3) is 6.58. The number of nitrogens with zero attached hydrogens (tertiary/aromatic N) is 2. The summed E-state index contributed by atoms with van der Waals surface area (Å²) in [5.41, 5.74) is 3.06. The summed E-state index contributed by atoms with van der Waals surface area (Å²) in [6, 6.07) is 5.42. The molecule has 27 heavy (non-hydrogen) atoms. The van der Waals surface area contributed by atoms with Gasteiger partial charge in [0.25, 0.3) is 0 Å². The van der Waals surface area contributed by atoms with E-state index in [0.717, 1.165) is 37.7 Å². The van der Waals surface area contributed by atoms with Crippen molar-refractivity contribution in [2.45, 2.75) is 46.0 Å². The predicted octanol–water partition coefficient (Wildman–Crippen LogP) is 2.73. The standard InChI is InChI=1S/C20H29N3O4/c1-3-13-27-17-10-9-16(14-18(17)26-4-2)15-21-22-19(24)20(25)23-11-7-5-6-8-12-23/h9-10,14-15H,3-8,11-13H2,1-2H3,(H,22,24)/b21-15-. The summed E-state index contributed by atoms with van der Waals surface area (Å²) in [5, 5.41) is 3.91. The van der Waals surface area contributed by atoms with E-state index in [4.69, 9.17) is 9.47 Å². The van der Waals surface area contributed by atoms with Crippen molar-refractivity contribution in [3.8, 4) is 11.5 Å². The first kappa shape index (κ1) is 20.7. The van der Waals surface area contributed by atoms with Crippen LogP contribution in [0.2, 0.25) is 0 Å². The molecule has 1 saturated heterocycles. The maximum Gasteiger partial charge on any atom is 0.329 e. The topological polar surface area (TPSA) is 80.2 Å². The highest BCUT2D eigenvalue weighted by Crippen LogP contribution is 2.28. The van der Waals surface area contributed by atoms with E-state index in [2.05, 4.69) is 10.5 Å². The van der Waals surface area contributed by atoms with E-state index in [1.807, 2.05) is 26.0 Å². The minimum Gasteiger partial charge on any atom is -0.490 e. The molecule has 2 rings (SSSR count). The Morgan fingerprint density at radius 1 is 1.11 bits per heavy atom. The number of hydrogen-bond acceptors (Lipinski definition) is 5. The summed E-state index contributed by atoms with van der Waals surface area (Å²) in [6.07, 6.45) is 6.48. The molecule has 0 saturated carbocycles. The van der Waals surface area contributed by atoms with Crippen molar-refractivity contribution in [2.75, 3.05) is 26.3 Å². The van der Waals surface area contributed by atoms with Gasteiger partial charge >= 0.3 is 11.8 Å². The predicted molar refractivity (Wildman–Crippen MR) is 104 cm³/mol.